The zero-order valence-electron chi connectivity index (χ0n) is 15.4. The Bertz CT molecular complexity index is 1000. The molecule has 0 bridgehead atoms. The quantitative estimate of drug-likeness (QED) is 0.611. The van der Waals surface area contributed by atoms with Crippen LogP contribution in [0.5, 0.6) is 0 Å². The van der Waals surface area contributed by atoms with Crippen molar-refractivity contribution in [2.24, 2.45) is 0 Å². The molecule has 2 aromatic rings. The number of amides is 1. The summed E-state index contributed by atoms with van der Waals surface area (Å²) in [4.78, 5) is 16.6. The summed E-state index contributed by atoms with van der Waals surface area (Å²) in [7, 11) is -3.77. The second-order valence-corrected chi connectivity index (χ2v) is 10.0. The normalized spacial score (nSPS) is 18.0. The Balaban J connectivity index is 1.40. The van der Waals surface area contributed by atoms with E-state index in [-0.39, 0.29) is 34.7 Å². The Hall–Kier alpha value is -1.66. The number of anilines is 1. The van der Waals surface area contributed by atoms with Gasteiger partial charge in [-0.15, -0.1) is 5.10 Å². The number of morpholine rings is 1. The number of H-pyrrole nitrogens is 1. The molecule has 2 aliphatic rings. The second kappa shape index (κ2) is 8.60. The van der Waals surface area contributed by atoms with Crippen LogP contribution in [-0.4, -0.2) is 65.9 Å². The molecule has 4 rings (SSSR count). The van der Waals surface area contributed by atoms with E-state index in [1.165, 1.54) is 28.2 Å². The monoisotopic (exact) mass is 457 g/mol. The lowest BCUT2D eigenvalue weighted by molar-refractivity contribution is -0.113. The Morgan fingerprint density at radius 2 is 2.10 bits per heavy atom. The first kappa shape index (κ1) is 20.6. The molecular formula is C17H20ClN5O4S2. The van der Waals surface area contributed by atoms with Crippen molar-refractivity contribution in [2.75, 3.05) is 37.4 Å². The van der Waals surface area contributed by atoms with Crippen LogP contribution in [0, 0.1) is 0 Å². The van der Waals surface area contributed by atoms with E-state index in [4.69, 9.17) is 16.3 Å². The molecule has 2 heterocycles. The summed E-state index contributed by atoms with van der Waals surface area (Å²) in [5, 5.41) is 10.3. The zero-order valence-corrected chi connectivity index (χ0v) is 17.8. The first-order valence-corrected chi connectivity index (χ1v) is 12.0. The van der Waals surface area contributed by atoms with Crippen LogP contribution in [0.1, 0.15) is 24.6 Å². The van der Waals surface area contributed by atoms with E-state index in [2.05, 4.69) is 20.5 Å². The summed E-state index contributed by atoms with van der Waals surface area (Å²) in [5.41, 5.74) is 0.362. The average Bonchev–Trinajstić information content (AvgIpc) is 3.46. The second-order valence-electron chi connectivity index (χ2n) is 6.78. The van der Waals surface area contributed by atoms with E-state index in [1.807, 2.05) is 0 Å². The van der Waals surface area contributed by atoms with Crippen molar-refractivity contribution in [3.63, 3.8) is 0 Å². The van der Waals surface area contributed by atoms with Gasteiger partial charge in [0, 0.05) is 24.7 Å². The molecule has 2 N–H and O–H groups in total. The van der Waals surface area contributed by atoms with Gasteiger partial charge in [-0.1, -0.05) is 23.4 Å². The fraction of sp³-hybridized carbons (Fsp3) is 0.471. The molecule has 0 unspecified atom stereocenters. The highest BCUT2D eigenvalue weighted by Crippen LogP contribution is 2.38. The van der Waals surface area contributed by atoms with Gasteiger partial charge in [-0.25, -0.2) is 13.4 Å². The topological polar surface area (TPSA) is 117 Å². The number of thioether (sulfide) groups is 1. The number of carbonyl (C=O) groups is 1. The van der Waals surface area contributed by atoms with Gasteiger partial charge in [-0.05, 0) is 31.0 Å². The first-order valence-electron chi connectivity index (χ1n) is 9.16. The number of ether oxygens (including phenoxy) is 1. The van der Waals surface area contributed by atoms with Gasteiger partial charge in [0.25, 0.3) is 0 Å². The molecule has 9 nitrogen and oxygen atoms in total. The van der Waals surface area contributed by atoms with Gasteiger partial charge in [-0.2, -0.15) is 4.31 Å². The van der Waals surface area contributed by atoms with Gasteiger partial charge < -0.3 is 10.1 Å². The van der Waals surface area contributed by atoms with Crippen molar-refractivity contribution in [1.82, 2.24) is 19.5 Å². The average molecular weight is 458 g/mol. The summed E-state index contributed by atoms with van der Waals surface area (Å²) >= 11 is 7.35. The Morgan fingerprint density at radius 1 is 1.34 bits per heavy atom. The van der Waals surface area contributed by atoms with Crippen LogP contribution in [0.2, 0.25) is 5.02 Å². The maximum absolute atomic E-state index is 12.9. The predicted octanol–water partition coefficient (Wildman–Crippen LogP) is 2.09. The molecule has 156 valence electrons. The van der Waals surface area contributed by atoms with E-state index >= 15 is 0 Å². The maximum atomic E-state index is 12.9. The van der Waals surface area contributed by atoms with Gasteiger partial charge in [0.05, 0.1) is 24.0 Å². The van der Waals surface area contributed by atoms with Crippen LogP contribution in [-0.2, 0) is 19.6 Å². The maximum Gasteiger partial charge on any atom is 0.244 e. The van der Waals surface area contributed by atoms with Crippen LogP contribution in [0.15, 0.2) is 28.3 Å². The standard InChI is InChI=1S/C17H20ClN5O4S2/c18-13-4-3-12(9-14(13)29(25,26)23-5-7-27-8-6-23)19-15(24)10-28-17-20-16(21-22-17)11-1-2-11/h3-4,9,11H,1-2,5-8,10H2,(H,19,24)(H,20,21,22). The van der Waals surface area contributed by atoms with E-state index < -0.39 is 10.0 Å². The van der Waals surface area contributed by atoms with Crippen LogP contribution in [0.4, 0.5) is 5.69 Å². The number of carbonyl (C=O) groups excluding carboxylic acids is 1. The number of nitrogens with zero attached hydrogens (tertiary/aromatic N) is 3. The molecular weight excluding hydrogens is 438 g/mol. The summed E-state index contributed by atoms with van der Waals surface area (Å²) in [6, 6.07) is 4.42. The van der Waals surface area contributed by atoms with E-state index in [0.717, 1.165) is 18.7 Å². The fourth-order valence-corrected chi connectivity index (χ4v) is 5.41. The van der Waals surface area contributed by atoms with Crippen molar-refractivity contribution < 1.29 is 17.9 Å². The molecule has 1 aromatic heterocycles. The number of hydrogen-bond donors (Lipinski definition) is 2. The van der Waals surface area contributed by atoms with Crippen molar-refractivity contribution in [3.8, 4) is 0 Å². The Kier molecular flexibility index (Phi) is 6.11. The minimum absolute atomic E-state index is 0.0328. The summed E-state index contributed by atoms with van der Waals surface area (Å²) in [5.74, 6) is 1.15. The number of benzene rings is 1. The number of aromatic amines is 1. The van der Waals surface area contributed by atoms with Gasteiger partial charge in [0.2, 0.25) is 21.1 Å². The minimum Gasteiger partial charge on any atom is -0.379 e. The van der Waals surface area contributed by atoms with Gasteiger partial charge in [0.15, 0.2) is 0 Å². The number of aromatic nitrogens is 3. The lowest BCUT2D eigenvalue weighted by Gasteiger charge is -2.26. The Morgan fingerprint density at radius 3 is 2.83 bits per heavy atom. The Labute approximate surface area is 177 Å². The molecule has 29 heavy (non-hydrogen) atoms. The molecule has 0 spiro atoms. The van der Waals surface area contributed by atoms with Gasteiger partial charge in [-0.3, -0.25) is 9.89 Å². The zero-order chi connectivity index (χ0) is 20.4. The van der Waals surface area contributed by atoms with E-state index in [0.29, 0.717) is 30.0 Å². The minimum atomic E-state index is -3.77. The molecule has 1 amide bonds. The highest BCUT2D eigenvalue weighted by Gasteiger charge is 2.29. The highest BCUT2D eigenvalue weighted by atomic mass is 35.5. The number of halogens is 1. The van der Waals surface area contributed by atoms with Crippen molar-refractivity contribution in [2.45, 2.75) is 28.8 Å². The third-order valence-electron chi connectivity index (χ3n) is 4.58. The van der Waals surface area contributed by atoms with Crippen molar-refractivity contribution in [3.05, 3.63) is 29.0 Å². The third kappa shape index (κ3) is 4.92. The molecule has 1 saturated heterocycles. The highest BCUT2D eigenvalue weighted by molar-refractivity contribution is 7.99. The molecule has 1 aliphatic carbocycles. The third-order valence-corrected chi connectivity index (χ3v) is 7.81. The number of hydrogen-bond acceptors (Lipinski definition) is 7. The number of rotatable bonds is 7. The van der Waals surface area contributed by atoms with Crippen molar-refractivity contribution >= 4 is 45.0 Å². The summed E-state index contributed by atoms with van der Waals surface area (Å²) < 4.78 is 32.3. The largest absolute Gasteiger partial charge is 0.379 e. The van der Waals surface area contributed by atoms with Gasteiger partial charge in [0.1, 0.15) is 10.7 Å². The molecule has 1 aromatic carbocycles. The molecule has 2 fully saturated rings. The number of sulfonamides is 1. The van der Waals surface area contributed by atoms with Crippen LogP contribution >= 0.6 is 23.4 Å². The van der Waals surface area contributed by atoms with Crippen LogP contribution < -0.4 is 5.32 Å². The molecule has 1 saturated carbocycles. The van der Waals surface area contributed by atoms with Crippen LogP contribution in [0.3, 0.4) is 0 Å². The smallest absolute Gasteiger partial charge is 0.244 e. The van der Waals surface area contributed by atoms with Crippen molar-refractivity contribution in [1.29, 1.82) is 0 Å². The SMILES string of the molecule is O=C(CSc1n[nH]c(C2CC2)n1)Nc1ccc(Cl)c(S(=O)(=O)N2CCOCC2)c1. The first-order chi connectivity index (χ1) is 13.9. The van der Waals surface area contributed by atoms with E-state index in [9.17, 15) is 13.2 Å². The molecule has 1 aliphatic heterocycles. The lowest BCUT2D eigenvalue weighted by Crippen LogP contribution is -2.40. The molecule has 0 radical (unpaired) electrons. The molecule has 12 heteroatoms. The summed E-state index contributed by atoms with van der Waals surface area (Å²) in [6.45, 7) is 1.22. The number of nitrogens with one attached hydrogen (secondary N) is 2. The van der Waals surface area contributed by atoms with E-state index in [1.54, 1.807) is 6.07 Å². The predicted molar refractivity (Wildman–Crippen MR) is 109 cm³/mol. The van der Waals surface area contributed by atoms with Crippen LogP contribution in [0.25, 0.3) is 0 Å². The van der Waals surface area contributed by atoms with Gasteiger partial charge >= 0.3 is 0 Å². The summed E-state index contributed by atoms with van der Waals surface area (Å²) in [6.07, 6.45) is 2.23. The fourth-order valence-electron chi connectivity index (χ4n) is 2.89. The molecule has 0 atom stereocenters. The lowest BCUT2D eigenvalue weighted by atomic mass is 10.3.